The lowest BCUT2D eigenvalue weighted by atomic mass is 9.95. The van der Waals surface area contributed by atoms with E-state index in [9.17, 15) is 18.0 Å². The zero-order valence-electron chi connectivity index (χ0n) is 23.8. The number of halogens is 1. The molecule has 1 aliphatic carbocycles. The molecule has 1 aliphatic rings. The molecule has 1 N–H and O–H groups in total. The Bertz CT molecular complexity index is 1470. The second-order valence-corrected chi connectivity index (χ2v) is 12.9. The molecule has 0 aliphatic heterocycles. The third kappa shape index (κ3) is 7.29. The average Bonchev–Trinajstić information content (AvgIpc) is 2.97. The highest BCUT2D eigenvalue weighted by Gasteiger charge is 2.34. The second-order valence-electron chi connectivity index (χ2n) is 10.7. The van der Waals surface area contributed by atoms with Crippen LogP contribution in [0.3, 0.4) is 0 Å². The van der Waals surface area contributed by atoms with Gasteiger partial charge in [0.1, 0.15) is 12.6 Å². The molecule has 1 atom stereocenters. The van der Waals surface area contributed by atoms with E-state index in [2.05, 4.69) is 5.32 Å². The van der Waals surface area contributed by atoms with Gasteiger partial charge in [0.05, 0.1) is 10.6 Å². The van der Waals surface area contributed by atoms with E-state index in [1.54, 1.807) is 50.2 Å². The fourth-order valence-electron chi connectivity index (χ4n) is 5.22. The summed E-state index contributed by atoms with van der Waals surface area (Å²) >= 11 is 6.39. The molecule has 41 heavy (non-hydrogen) atoms. The summed E-state index contributed by atoms with van der Waals surface area (Å²) in [5.41, 5.74) is 2.71. The van der Waals surface area contributed by atoms with Crippen molar-refractivity contribution in [1.29, 1.82) is 0 Å². The molecule has 0 heterocycles. The number of rotatable bonds is 10. The highest BCUT2D eigenvalue weighted by Crippen LogP contribution is 2.31. The first-order valence-electron chi connectivity index (χ1n) is 14.1. The molecule has 3 aromatic rings. The molecule has 0 unspecified atom stereocenters. The van der Waals surface area contributed by atoms with E-state index in [1.165, 1.54) is 17.0 Å². The van der Waals surface area contributed by atoms with Crippen LogP contribution in [0.5, 0.6) is 0 Å². The fourth-order valence-corrected chi connectivity index (χ4v) is 6.88. The minimum absolute atomic E-state index is 0.0562. The van der Waals surface area contributed by atoms with Gasteiger partial charge in [0, 0.05) is 17.6 Å². The molecule has 0 radical (unpaired) electrons. The number of nitrogens with one attached hydrogen (secondary N) is 1. The number of hydrogen-bond acceptors (Lipinski definition) is 4. The number of amides is 2. The maximum Gasteiger partial charge on any atom is 0.264 e. The van der Waals surface area contributed by atoms with Crippen molar-refractivity contribution in [2.24, 2.45) is 0 Å². The van der Waals surface area contributed by atoms with Crippen molar-refractivity contribution in [2.75, 3.05) is 10.8 Å². The number of carbonyl (C=O) groups is 2. The average molecular weight is 596 g/mol. The maximum atomic E-state index is 14.2. The highest BCUT2D eigenvalue weighted by molar-refractivity contribution is 7.92. The van der Waals surface area contributed by atoms with Gasteiger partial charge in [-0.2, -0.15) is 0 Å². The molecule has 0 aromatic heterocycles. The molecular weight excluding hydrogens is 558 g/mol. The molecule has 0 bridgehead atoms. The van der Waals surface area contributed by atoms with Crippen LogP contribution in [0, 0.1) is 13.8 Å². The third-order valence-corrected chi connectivity index (χ3v) is 10.0. The minimum Gasteiger partial charge on any atom is -0.352 e. The van der Waals surface area contributed by atoms with E-state index in [0.29, 0.717) is 16.3 Å². The number of benzene rings is 3. The Labute approximate surface area is 248 Å². The number of aryl methyl sites for hydroxylation is 1. The van der Waals surface area contributed by atoms with E-state index in [-0.39, 0.29) is 23.4 Å². The number of carbonyl (C=O) groups excluding carboxylic acids is 2. The Morgan fingerprint density at radius 1 is 0.927 bits per heavy atom. The highest BCUT2D eigenvalue weighted by atomic mass is 35.5. The molecular formula is C32H38ClN3O4S. The van der Waals surface area contributed by atoms with Gasteiger partial charge >= 0.3 is 0 Å². The number of anilines is 1. The number of nitrogens with zero attached hydrogens (tertiary/aromatic N) is 2. The van der Waals surface area contributed by atoms with Crippen molar-refractivity contribution >= 4 is 39.1 Å². The van der Waals surface area contributed by atoms with Crippen molar-refractivity contribution < 1.29 is 18.0 Å². The molecule has 1 fully saturated rings. The summed E-state index contributed by atoms with van der Waals surface area (Å²) in [5.74, 6) is -0.728. The Morgan fingerprint density at radius 3 is 2.27 bits per heavy atom. The Morgan fingerprint density at radius 2 is 1.59 bits per heavy atom. The molecule has 1 saturated carbocycles. The standard InChI is InChI=1S/C32H38ClN3O4S/c1-23-13-10-11-14-26(23)21-35(25(3)32(38)34-27-15-6-4-7-16-27)31(37)22-36(30-20-12-19-29(33)24(30)2)41(39,40)28-17-8-5-9-18-28/h5,8-14,17-20,25,27H,4,6-7,15-16,21-22H2,1-3H3,(H,34,38)/t25-/m1/s1. The third-order valence-electron chi connectivity index (χ3n) is 7.84. The van der Waals surface area contributed by atoms with Crippen molar-refractivity contribution in [2.45, 2.75) is 76.4 Å². The van der Waals surface area contributed by atoms with Crippen LogP contribution < -0.4 is 9.62 Å². The first kappa shape index (κ1) is 30.6. The van der Waals surface area contributed by atoms with Crippen LogP contribution in [0.25, 0.3) is 0 Å². The van der Waals surface area contributed by atoms with Crippen molar-refractivity contribution in [3.05, 3.63) is 94.5 Å². The zero-order valence-corrected chi connectivity index (χ0v) is 25.4. The van der Waals surface area contributed by atoms with E-state index in [0.717, 1.165) is 47.5 Å². The van der Waals surface area contributed by atoms with Crippen LogP contribution in [0.1, 0.15) is 55.7 Å². The molecule has 0 saturated heterocycles. The lowest BCUT2D eigenvalue weighted by Gasteiger charge is -2.34. The lowest BCUT2D eigenvalue weighted by Crippen LogP contribution is -2.53. The van der Waals surface area contributed by atoms with Gasteiger partial charge in [-0.3, -0.25) is 13.9 Å². The lowest BCUT2D eigenvalue weighted by molar-refractivity contribution is -0.139. The van der Waals surface area contributed by atoms with Gasteiger partial charge in [-0.1, -0.05) is 79.4 Å². The summed E-state index contributed by atoms with van der Waals surface area (Å²) in [7, 11) is -4.14. The second kappa shape index (κ2) is 13.5. The largest absolute Gasteiger partial charge is 0.352 e. The van der Waals surface area contributed by atoms with E-state index in [1.807, 2.05) is 31.2 Å². The molecule has 7 nitrogen and oxygen atoms in total. The monoisotopic (exact) mass is 595 g/mol. The van der Waals surface area contributed by atoms with Crippen LogP contribution >= 0.6 is 11.6 Å². The smallest absolute Gasteiger partial charge is 0.264 e. The Hall–Kier alpha value is -3.36. The van der Waals surface area contributed by atoms with Crippen LogP contribution in [-0.2, 0) is 26.2 Å². The van der Waals surface area contributed by atoms with Crippen LogP contribution in [0.15, 0.2) is 77.7 Å². The summed E-state index contributed by atoms with van der Waals surface area (Å²) in [6.45, 7) is 5.05. The molecule has 0 spiro atoms. The number of sulfonamides is 1. The molecule has 2 amide bonds. The first-order valence-corrected chi connectivity index (χ1v) is 15.9. The number of hydrogen-bond donors (Lipinski definition) is 1. The van der Waals surface area contributed by atoms with E-state index in [4.69, 9.17) is 11.6 Å². The Kier molecular flexibility index (Phi) is 10.1. The Balaban J connectivity index is 1.71. The predicted molar refractivity (Wildman–Crippen MR) is 163 cm³/mol. The quantitative estimate of drug-likeness (QED) is 0.311. The van der Waals surface area contributed by atoms with Crippen LogP contribution in [-0.4, -0.2) is 43.8 Å². The summed E-state index contributed by atoms with van der Waals surface area (Å²) in [4.78, 5) is 29.1. The molecule has 218 valence electrons. The van der Waals surface area contributed by atoms with Gasteiger partial charge < -0.3 is 10.2 Å². The van der Waals surface area contributed by atoms with Crippen molar-refractivity contribution in [3.8, 4) is 0 Å². The van der Waals surface area contributed by atoms with Crippen molar-refractivity contribution in [3.63, 3.8) is 0 Å². The summed E-state index contributed by atoms with van der Waals surface area (Å²) in [6, 6.07) is 19.9. The topological polar surface area (TPSA) is 86.8 Å². The SMILES string of the molecule is Cc1ccccc1CN(C(=O)CN(c1cccc(Cl)c1C)S(=O)(=O)c1ccccc1)[C@H](C)C(=O)NC1CCCCC1. The summed E-state index contributed by atoms with van der Waals surface area (Å²) < 4.78 is 29.0. The van der Waals surface area contributed by atoms with E-state index >= 15 is 0 Å². The van der Waals surface area contributed by atoms with Gasteiger partial charge in [0.15, 0.2) is 0 Å². The predicted octanol–water partition coefficient (Wildman–Crippen LogP) is 6.02. The van der Waals surface area contributed by atoms with Gasteiger partial charge in [-0.05, 0) is 74.6 Å². The maximum absolute atomic E-state index is 14.2. The van der Waals surface area contributed by atoms with E-state index < -0.39 is 28.5 Å². The first-order chi connectivity index (χ1) is 19.6. The van der Waals surface area contributed by atoms with Crippen LogP contribution in [0.2, 0.25) is 5.02 Å². The van der Waals surface area contributed by atoms with Crippen LogP contribution in [0.4, 0.5) is 5.69 Å². The minimum atomic E-state index is -4.14. The summed E-state index contributed by atoms with van der Waals surface area (Å²) in [6.07, 6.45) is 5.13. The van der Waals surface area contributed by atoms with Gasteiger partial charge in [-0.15, -0.1) is 0 Å². The van der Waals surface area contributed by atoms with Crippen molar-refractivity contribution in [1.82, 2.24) is 10.2 Å². The normalized spacial score (nSPS) is 14.7. The zero-order chi connectivity index (χ0) is 29.6. The van der Waals surface area contributed by atoms with Gasteiger partial charge in [-0.25, -0.2) is 8.42 Å². The summed E-state index contributed by atoms with van der Waals surface area (Å²) in [5, 5.41) is 3.52. The molecule has 3 aromatic carbocycles. The fraction of sp³-hybridized carbons (Fsp3) is 0.375. The molecule has 9 heteroatoms. The van der Waals surface area contributed by atoms with Gasteiger partial charge in [0.2, 0.25) is 11.8 Å². The van der Waals surface area contributed by atoms with Gasteiger partial charge in [0.25, 0.3) is 10.0 Å². The molecule has 4 rings (SSSR count).